The summed E-state index contributed by atoms with van der Waals surface area (Å²) in [5.41, 5.74) is -0.622. The van der Waals surface area contributed by atoms with Crippen molar-refractivity contribution in [3.05, 3.63) is 0 Å². The van der Waals surface area contributed by atoms with Crippen molar-refractivity contribution >= 4 is 16.9 Å². The number of ether oxygens (including phenoxy) is 1. The first-order valence-corrected chi connectivity index (χ1v) is 4.09. The van der Waals surface area contributed by atoms with E-state index < -0.39 is 22.5 Å². The number of carbonyl (C=O) groups excluding carboxylic acids is 1. The SMILES string of the molecule is CC(C)(C)OC(=O)N[S-](=N)=O. The Morgan fingerprint density at radius 3 is 2.27 bits per heavy atom. The van der Waals surface area contributed by atoms with Gasteiger partial charge in [0.1, 0.15) is 5.60 Å². The number of amides is 1. The molecule has 11 heavy (non-hydrogen) atoms. The first kappa shape index (κ1) is 10.2. The molecule has 0 radical (unpaired) electrons. The van der Waals surface area contributed by atoms with Gasteiger partial charge in [-0.2, -0.15) is 0 Å². The van der Waals surface area contributed by atoms with Crippen LogP contribution in [-0.2, 0) is 19.7 Å². The maximum Gasteiger partial charge on any atom is 0.391 e. The second-order valence-corrected chi connectivity index (χ2v) is 3.61. The van der Waals surface area contributed by atoms with Gasteiger partial charge in [0, 0.05) is 0 Å². The van der Waals surface area contributed by atoms with Crippen LogP contribution in [0.1, 0.15) is 20.8 Å². The third-order valence-corrected chi connectivity index (χ3v) is 0.927. The zero-order valence-corrected chi connectivity index (χ0v) is 7.45. The highest BCUT2D eigenvalue weighted by Crippen LogP contribution is 2.05. The Morgan fingerprint density at radius 2 is 2.00 bits per heavy atom. The molecule has 0 aliphatic rings. The second kappa shape index (κ2) is 3.56. The van der Waals surface area contributed by atoms with Crippen LogP contribution in [0.25, 0.3) is 0 Å². The zero-order chi connectivity index (χ0) is 9.07. The Kier molecular flexibility index (Phi) is 3.31. The maximum absolute atomic E-state index is 10.6. The lowest BCUT2D eigenvalue weighted by Crippen LogP contribution is -2.31. The van der Waals surface area contributed by atoms with E-state index >= 15 is 0 Å². The van der Waals surface area contributed by atoms with Gasteiger partial charge in [-0.15, -0.1) is 0 Å². The van der Waals surface area contributed by atoms with Gasteiger partial charge in [0.05, 0.1) is 0 Å². The van der Waals surface area contributed by atoms with E-state index in [2.05, 4.69) is 4.74 Å². The topological polar surface area (TPSA) is 79.2 Å². The van der Waals surface area contributed by atoms with Gasteiger partial charge in [0.2, 0.25) is 0 Å². The number of hydrogen-bond acceptors (Lipinski definition) is 5. The van der Waals surface area contributed by atoms with E-state index in [0.717, 1.165) is 0 Å². The van der Waals surface area contributed by atoms with E-state index in [4.69, 9.17) is 4.78 Å². The normalized spacial score (nSPS) is 11.3. The standard InChI is InChI=1S/C5H11N2O3S/c1-5(2,3)10-4(8)7-11(6)9/h1-3H3,(H2,6,7,8,9)/q-1. The molecule has 0 atom stereocenters. The summed E-state index contributed by atoms with van der Waals surface area (Å²) in [4.78, 5) is 10.6. The lowest BCUT2D eigenvalue weighted by Gasteiger charge is -2.20. The average molecular weight is 179 g/mol. The van der Waals surface area contributed by atoms with Crippen molar-refractivity contribution in [1.29, 1.82) is 4.78 Å². The molecule has 6 heteroatoms. The van der Waals surface area contributed by atoms with Gasteiger partial charge < -0.3 is 18.4 Å². The molecule has 0 rings (SSSR count). The highest BCUT2D eigenvalue weighted by molar-refractivity contribution is 7.72. The molecule has 0 heterocycles. The molecule has 66 valence electrons. The molecule has 5 nitrogen and oxygen atoms in total. The van der Waals surface area contributed by atoms with E-state index in [1.54, 1.807) is 25.5 Å². The molecular weight excluding hydrogens is 168 g/mol. The van der Waals surface area contributed by atoms with Crippen molar-refractivity contribution in [3.63, 3.8) is 0 Å². The lowest BCUT2D eigenvalue weighted by atomic mass is 10.2. The minimum atomic E-state index is -2.10. The zero-order valence-electron chi connectivity index (χ0n) is 6.63. The minimum absolute atomic E-state index is 0.622. The molecule has 0 spiro atoms. The molecule has 0 fully saturated rings. The van der Waals surface area contributed by atoms with Crippen LogP contribution in [0.5, 0.6) is 0 Å². The largest absolute Gasteiger partial charge is 0.445 e. The molecule has 0 bridgehead atoms. The van der Waals surface area contributed by atoms with Crippen molar-refractivity contribution in [2.24, 2.45) is 0 Å². The Balaban J connectivity index is 3.90. The molecular formula is C5H11N2O3S-. The highest BCUT2D eigenvalue weighted by Gasteiger charge is 2.13. The van der Waals surface area contributed by atoms with Gasteiger partial charge in [0.15, 0.2) is 0 Å². The fourth-order valence-electron chi connectivity index (χ4n) is 0.375. The summed E-state index contributed by atoms with van der Waals surface area (Å²) in [6.45, 7) is 5.04. The Labute approximate surface area is 67.3 Å². The molecule has 2 N–H and O–H groups in total. The van der Waals surface area contributed by atoms with Crippen LogP contribution in [0.2, 0.25) is 0 Å². The second-order valence-electron chi connectivity index (χ2n) is 2.87. The summed E-state index contributed by atoms with van der Waals surface area (Å²) in [6, 6.07) is 0. The molecule has 0 saturated heterocycles. The Hall–Kier alpha value is -0.780. The molecule has 0 unspecified atom stereocenters. The molecule has 0 aliphatic carbocycles. The summed E-state index contributed by atoms with van der Waals surface area (Å²) < 4.78 is 23.0. The van der Waals surface area contributed by atoms with Crippen LogP contribution in [0.4, 0.5) is 4.79 Å². The maximum atomic E-state index is 10.6. The number of hydrogen-bond donors (Lipinski definition) is 2. The Bertz CT molecular complexity index is 208. The van der Waals surface area contributed by atoms with Crippen LogP contribution in [0.3, 0.4) is 0 Å². The monoisotopic (exact) mass is 179 g/mol. The van der Waals surface area contributed by atoms with Crippen molar-refractivity contribution in [2.75, 3.05) is 0 Å². The van der Waals surface area contributed by atoms with E-state index in [1.807, 2.05) is 0 Å². The van der Waals surface area contributed by atoms with Gasteiger partial charge in [-0.1, -0.05) is 10.8 Å². The van der Waals surface area contributed by atoms with Gasteiger partial charge in [-0.25, -0.2) is 4.79 Å². The summed E-state index contributed by atoms with van der Waals surface area (Å²) in [5, 5.41) is 0. The van der Waals surface area contributed by atoms with Crippen molar-refractivity contribution in [1.82, 2.24) is 4.72 Å². The van der Waals surface area contributed by atoms with Crippen LogP contribution >= 0.6 is 0 Å². The molecule has 0 saturated carbocycles. The average Bonchev–Trinajstić information content (AvgIpc) is 1.53. The summed E-state index contributed by atoms with van der Waals surface area (Å²) in [5.74, 6) is 0. The van der Waals surface area contributed by atoms with E-state index in [0.29, 0.717) is 0 Å². The van der Waals surface area contributed by atoms with Crippen LogP contribution in [0, 0.1) is 4.78 Å². The fraction of sp³-hybridized carbons (Fsp3) is 0.800. The van der Waals surface area contributed by atoms with E-state index in [1.165, 1.54) is 0 Å². The summed E-state index contributed by atoms with van der Waals surface area (Å²) >= 11 is 0. The van der Waals surface area contributed by atoms with E-state index in [-0.39, 0.29) is 0 Å². The third-order valence-electron chi connectivity index (χ3n) is 0.575. The summed E-state index contributed by atoms with van der Waals surface area (Å²) in [6.07, 6.45) is -0.842. The Morgan fingerprint density at radius 1 is 1.55 bits per heavy atom. The molecule has 0 aromatic rings. The molecule has 1 amide bonds. The van der Waals surface area contributed by atoms with E-state index in [9.17, 15) is 9.00 Å². The summed E-state index contributed by atoms with van der Waals surface area (Å²) in [7, 11) is -2.10. The van der Waals surface area contributed by atoms with Crippen LogP contribution < -0.4 is 4.72 Å². The first-order valence-electron chi connectivity index (χ1n) is 2.94. The van der Waals surface area contributed by atoms with Gasteiger partial charge in [0.25, 0.3) is 0 Å². The predicted molar refractivity (Wildman–Crippen MR) is 40.1 cm³/mol. The lowest BCUT2D eigenvalue weighted by molar-refractivity contribution is 0.0572. The van der Waals surface area contributed by atoms with Crippen LogP contribution in [-0.4, -0.2) is 11.7 Å². The van der Waals surface area contributed by atoms with Crippen molar-refractivity contribution in [2.45, 2.75) is 26.4 Å². The highest BCUT2D eigenvalue weighted by atomic mass is 32.2. The molecule has 0 aromatic carbocycles. The first-order chi connectivity index (χ1) is 4.81. The van der Waals surface area contributed by atoms with Gasteiger partial charge >= 0.3 is 6.09 Å². The number of nitrogens with one attached hydrogen (secondary N) is 2. The molecule has 0 aromatic heterocycles. The van der Waals surface area contributed by atoms with Crippen LogP contribution in [0.15, 0.2) is 0 Å². The van der Waals surface area contributed by atoms with Gasteiger partial charge in [-0.05, 0) is 20.8 Å². The fourth-order valence-corrected chi connectivity index (χ4v) is 0.568. The third kappa shape index (κ3) is 7.11. The predicted octanol–water partition coefficient (Wildman–Crippen LogP) is 1.15. The van der Waals surface area contributed by atoms with Crippen molar-refractivity contribution < 1.29 is 13.7 Å². The number of rotatable bonds is 1. The number of carbonyl (C=O) groups is 1. The smallest absolute Gasteiger partial charge is 0.391 e. The minimum Gasteiger partial charge on any atom is -0.445 e. The van der Waals surface area contributed by atoms with Gasteiger partial charge in [-0.3, -0.25) is 0 Å². The molecule has 0 aliphatic heterocycles. The quantitative estimate of drug-likeness (QED) is 0.592. The van der Waals surface area contributed by atoms with Crippen molar-refractivity contribution in [3.8, 4) is 0 Å².